The van der Waals surface area contributed by atoms with Crippen LogP contribution in [0.15, 0.2) is 24.3 Å². The van der Waals surface area contributed by atoms with Crippen LogP contribution in [-0.4, -0.2) is 29.4 Å². The van der Waals surface area contributed by atoms with E-state index in [9.17, 15) is 4.21 Å². The summed E-state index contributed by atoms with van der Waals surface area (Å²) in [5, 5.41) is 3.26. The summed E-state index contributed by atoms with van der Waals surface area (Å²) in [6.45, 7) is 6.95. The van der Waals surface area contributed by atoms with Gasteiger partial charge in [0, 0.05) is 28.3 Å². The molecule has 0 aromatic heterocycles. The van der Waals surface area contributed by atoms with Crippen LogP contribution in [0.2, 0.25) is 0 Å². The minimum absolute atomic E-state index is 0.135. The van der Waals surface area contributed by atoms with Crippen LogP contribution < -0.4 is 10.1 Å². The van der Waals surface area contributed by atoms with Crippen molar-refractivity contribution in [1.29, 1.82) is 0 Å². The number of hydrogen-bond acceptors (Lipinski definition) is 3. The van der Waals surface area contributed by atoms with Crippen LogP contribution in [0.3, 0.4) is 0 Å². The first kappa shape index (κ1) is 17.2. The maximum Gasteiger partial charge on any atom is 0.119 e. The molecule has 3 atom stereocenters. The molecule has 0 aliphatic heterocycles. The van der Waals surface area contributed by atoms with Crippen LogP contribution >= 0.6 is 0 Å². The van der Waals surface area contributed by atoms with Gasteiger partial charge in [-0.1, -0.05) is 32.4 Å². The van der Waals surface area contributed by atoms with Crippen molar-refractivity contribution in [2.45, 2.75) is 33.2 Å². The van der Waals surface area contributed by atoms with Crippen LogP contribution in [0.5, 0.6) is 5.75 Å². The highest BCUT2D eigenvalue weighted by Gasteiger charge is 2.15. The monoisotopic (exact) mass is 297 g/mol. The van der Waals surface area contributed by atoms with Crippen molar-refractivity contribution in [1.82, 2.24) is 5.32 Å². The lowest BCUT2D eigenvalue weighted by molar-refractivity contribution is 0.340. The summed E-state index contributed by atoms with van der Waals surface area (Å²) < 4.78 is 17.6. The summed E-state index contributed by atoms with van der Waals surface area (Å²) in [5.41, 5.74) is 1.16. The van der Waals surface area contributed by atoms with E-state index in [-0.39, 0.29) is 6.04 Å². The molecule has 3 nitrogen and oxygen atoms in total. The van der Waals surface area contributed by atoms with Gasteiger partial charge in [-0.3, -0.25) is 4.21 Å². The molecule has 0 saturated carbocycles. The molecule has 0 aliphatic carbocycles. The van der Waals surface area contributed by atoms with Gasteiger partial charge in [0.2, 0.25) is 0 Å². The minimum atomic E-state index is -0.783. The van der Waals surface area contributed by atoms with Crippen molar-refractivity contribution in [3.8, 4) is 5.75 Å². The first-order chi connectivity index (χ1) is 9.60. The van der Waals surface area contributed by atoms with Crippen molar-refractivity contribution in [2.24, 2.45) is 5.92 Å². The molecule has 20 heavy (non-hydrogen) atoms. The second kappa shape index (κ2) is 9.14. The number of hydrogen-bond donors (Lipinski definition) is 1. The van der Waals surface area contributed by atoms with Gasteiger partial charge in [-0.25, -0.2) is 0 Å². The van der Waals surface area contributed by atoms with Crippen LogP contribution in [0, 0.1) is 5.92 Å². The van der Waals surface area contributed by atoms with Crippen molar-refractivity contribution in [3.63, 3.8) is 0 Å². The van der Waals surface area contributed by atoms with Gasteiger partial charge in [-0.05, 0) is 37.6 Å². The van der Waals surface area contributed by atoms with E-state index in [4.69, 9.17) is 4.74 Å². The van der Waals surface area contributed by atoms with E-state index >= 15 is 0 Å². The minimum Gasteiger partial charge on any atom is -0.494 e. The average molecular weight is 297 g/mol. The zero-order valence-corrected chi connectivity index (χ0v) is 13.8. The van der Waals surface area contributed by atoms with Crippen LogP contribution in [0.1, 0.15) is 38.8 Å². The third kappa shape index (κ3) is 5.63. The Morgan fingerprint density at radius 2 is 1.85 bits per heavy atom. The Labute approximate surface area is 125 Å². The summed E-state index contributed by atoms with van der Waals surface area (Å²) in [6, 6.07) is 8.18. The van der Waals surface area contributed by atoms with E-state index in [0.29, 0.717) is 18.3 Å². The molecule has 1 N–H and O–H groups in total. The zero-order valence-electron chi connectivity index (χ0n) is 13.0. The van der Waals surface area contributed by atoms with Crippen molar-refractivity contribution >= 4 is 10.8 Å². The van der Waals surface area contributed by atoms with Gasteiger partial charge in [0.15, 0.2) is 0 Å². The predicted molar refractivity (Wildman–Crippen MR) is 86.7 cm³/mol. The predicted octanol–water partition coefficient (Wildman–Crippen LogP) is 3.14. The molecule has 1 rings (SSSR count). The van der Waals surface area contributed by atoms with Gasteiger partial charge in [-0.15, -0.1) is 0 Å². The Kier molecular flexibility index (Phi) is 7.85. The van der Waals surface area contributed by atoms with Gasteiger partial charge < -0.3 is 10.1 Å². The van der Waals surface area contributed by atoms with Crippen LogP contribution in [0.25, 0.3) is 0 Å². The highest BCUT2D eigenvalue weighted by atomic mass is 32.2. The molecule has 0 spiro atoms. The molecule has 0 radical (unpaired) electrons. The van der Waals surface area contributed by atoms with Gasteiger partial charge in [0.05, 0.1) is 6.61 Å². The quantitative estimate of drug-likeness (QED) is 0.761. The lowest BCUT2D eigenvalue weighted by Gasteiger charge is -2.18. The van der Waals surface area contributed by atoms with E-state index in [1.165, 1.54) is 0 Å². The molecule has 4 heteroatoms. The molecule has 0 amide bonds. The summed E-state index contributed by atoms with van der Waals surface area (Å²) in [5.74, 6) is 2.85. The van der Waals surface area contributed by atoms with Crippen molar-refractivity contribution in [2.75, 3.05) is 25.2 Å². The SMILES string of the molecule is CCOc1ccc(C(CS(=O)CC(C)CC)NC)cc1. The summed E-state index contributed by atoms with van der Waals surface area (Å²) in [4.78, 5) is 0. The molecule has 1 aromatic rings. The lowest BCUT2D eigenvalue weighted by Crippen LogP contribution is -2.24. The molecule has 1 aromatic carbocycles. The third-order valence-electron chi connectivity index (χ3n) is 3.46. The Morgan fingerprint density at radius 3 is 2.35 bits per heavy atom. The number of nitrogens with one attached hydrogen (secondary N) is 1. The number of rotatable bonds is 9. The average Bonchev–Trinajstić information content (AvgIpc) is 2.46. The third-order valence-corrected chi connectivity index (χ3v) is 5.11. The highest BCUT2D eigenvalue weighted by Crippen LogP contribution is 2.19. The Morgan fingerprint density at radius 1 is 1.20 bits per heavy atom. The second-order valence-corrected chi connectivity index (χ2v) is 6.68. The summed E-state index contributed by atoms with van der Waals surface area (Å²) in [6.07, 6.45) is 1.08. The molecule has 3 unspecified atom stereocenters. The standard InChI is InChI=1S/C16H27NO2S/c1-5-13(3)11-20(18)12-16(17-4)14-7-9-15(10-8-14)19-6-2/h7-10,13,16-17H,5-6,11-12H2,1-4H3. The summed E-state index contributed by atoms with van der Waals surface area (Å²) >= 11 is 0. The van der Waals surface area contributed by atoms with Crippen LogP contribution in [-0.2, 0) is 10.8 Å². The smallest absolute Gasteiger partial charge is 0.119 e. The lowest BCUT2D eigenvalue weighted by atomic mass is 10.1. The van der Waals surface area contributed by atoms with Gasteiger partial charge in [0.1, 0.15) is 5.75 Å². The van der Waals surface area contributed by atoms with E-state index in [2.05, 4.69) is 19.2 Å². The number of ether oxygens (including phenoxy) is 1. The molecule has 0 aliphatic rings. The molecule has 0 heterocycles. The van der Waals surface area contributed by atoms with E-state index < -0.39 is 10.8 Å². The molecule has 114 valence electrons. The normalized spacial score (nSPS) is 15.6. The number of benzene rings is 1. The van der Waals surface area contributed by atoms with Crippen LogP contribution in [0.4, 0.5) is 0 Å². The Balaban J connectivity index is 2.63. The largest absolute Gasteiger partial charge is 0.494 e. The first-order valence-electron chi connectivity index (χ1n) is 7.35. The molecular formula is C16H27NO2S. The molecule has 0 bridgehead atoms. The maximum atomic E-state index is 12.2. The van der Waals surface area contributed by atoms with E-state index in [1.54, 1.807) is 0 Å². The summed E-state index contributed by atoms with van der Waals surface area (Å²) in [7, 11) is 1.14. The molecule has 0 fully saturated rings. The maximum absolute atomic E-state index is 12.2. The topological polar surface area (TPSA) is 38.3 Å². The fraction of sp³-hybridized carbons (Fsp3) is 0.625. The fourth-order valence-electron chi connectivity index (χ4n) is 2.00. The van der Waals surface area contributed by atoms with Crippen molar-refractivity contribution < 1.29 is 8.95 Å². The van der Waals surface area contributed by atoms with E-state index in [0.717, 1.165) is 23.5 Å². The fourth-order valence-corrected chi connectivity index (χ4v) is 3.74. The van der Waals surface area contributed by atoms with Crippen molar-refractivity contribution in [3.05, 3.63) is 29.8 Å². The zero-order chi connectivity index (χ0) is 15.0. The highest BCUT2D eigenvalue weighted by molar-refractivity contribution is 7.85. The van der Waals surface area contributed by atoms with Gasteiger partial charge >= 0.3 is 0 Å². The van der Waals surface area contributed by atoms with Gasteiger partial charge in [0.25, 0.3) is 0 Å². The first-order valence-corrected chi connectivity index (χ1v) is 8.84. The second-order valence-electron chi connectivity index (χ2n) is 5.13. The molecule has 0 saturated heterocycles. The van der Waals surface area contributed by atoms with E-state index in [1.807, 2.05) is 38.2 Å². The Bertz CT molecular complexity index is 405. The van der Waals surface area contributed by atoms with Gasteiger partial charge in [-0.2, -0.15) is 0 Å². The molecular weight excluding hydrogens is 270 g/mol. The Hall–Kier alpha value is -0.870.